The van der Waals surface area contributed by atoms with Crippen molar-refractivity contribution in [2.45, 2.75) is 25.4 Å². The van der Waals surface area contributed by atoms with Gasteiger partial charge in [0.2, 0.25) is 5.88 Å². The summed E-state index contributed by atoms with van der Waals surface area (Å²) in [7, 11) is 0. The van der Waals surface area contributed by atoms with E-state index in [0.29, 0.717) is 40.7 Å². The van der Waals surface area contributed by atoms with Gasteiger partial charge in [-0.3, -0.25) is 9.36 Å². The first-order valence-corrected chi connectivity index (χ1v) is 11.0. The highest BCUT2D eigenvalue weighted by atomic mass is 35.5. The lowest BCUT2D eigenvalue weighted by Crippen LogP contribution is -2.40. The molecule has 33 heavy (non-hydrogen) atoms. The molecule has 3 aromatic rings. The number of imidazole rings is 1. The van der Waals surface area contributed by atoms with Crippen LogP contribution in [0.2, 0.25) is 10.0 Å². The summed E-state index contributed by atoms with van der Waals surface area (Å²) in [6.45, 7) is 1.88. The summed E-state index contributed by atoms with van der Waals surface area (Å²) in [5.41, 5.74) is 1.19. The molecule has 1 saturated heterocycles. The maximum atomic E-state index is 13.2. The van der Waals surface area contributed by atoms with E-state index >= 15 is 0 Å². The molecular weight excluding hydrogens is 467 g/mol. The van der Waals surface area contributed by atoms with E-state index in [4.69, 9.17) is 27.9 Å². The molecule has 8 nitrogen and oxygen atoms in total. The lowest BCUT2D eigenvalue weighted by Gasteiger charge is -2.27. The molecule has 2 aliphatic rings. The molecule has 3 heterocycles. The van der Waals surface area contributed by atoms with Crippen LogP contribution in [0.1, 0.15) is 35.3 Å². The lowest BCUT2D eigenvalue weighted by molar-refractivity contribution is -0.134. The number of aromatic nitrogens is 2. The van der Waals surface area contributed by atoms with Crippen LogP contribution in [0.25, 0.3) is 5.69 Å². The molecule has 2 bridgehead atoms. The van der Waals surface area contributed by atoms with Crippen molar-refractivity contribution in [2.75, 3.05) is 13.2 Å². The third-order valence-electron chi connectivity index (χ3n) is 6.27. The highest BCUT2D eigenvalue weighted by molar-refractivity contribution is 6.32. The number of benzene rings is 2. The van der Waals surface area contributed by atoms with Crippen molar-refractivity contribution < 1.29 is 14.6 Å². The van der Waals surface area contributed by atoms with Crippen molar-refractivity contribution in [3.63, 3.8) is 0 Å². The van der Waals surface area contributed by atoms with Crippen molar-refractivity contribution in [3.05, 3.63) is 73.7 Å². The van der Waals surface area contributed by atoms with Gasteiger partial charge in [0.25, 0.3) is 5.91 Å². The maximum absolute atomic E-state index is 13.2. The Labute approximate surface area is 198 Å². The Morgan fingerprint density at radius 3 is 2.67 bits per heavy atom. The summed E-state index contributed by atoms with van der Waals surface area (Å²) in [4.78, 5) is 27.7. The number of rotatable bonds is 4. The quantitative estimate of drug-likeness (QED) is 0.607. The number of fused-ring (bicyclic) bond motifs is 5. The molecule has 2 aliphatic heterocycles. The largest absolute Gasteiger partial charge is 0.493 e. The summed E-state index contributed by atoms with van der Waals surface area (Å²) in [5.74, 6) is 0.0598. The van der Waals surface area contributed by atoms with Crippen molar-refractivity contribution in [1.82, 2.24) is 14.0 Å². The molecule has 2 aromatic carbocycles. The number of carbonyl (C=O) groups excluding carboxylic acids is 1. The van der Waals surface area contributed by atoms with E-state index in [1.807, 2.05) is 6.07 Å². The molecule has 1 N–H and O–H groups in total. The summed E-state index contributed by atoms with van der Waals surface area (Å²) in [6.07, 6.45) is 0.554. The summed E-state index contributed by atoms with van der Waals surface area (Å²) >= 11 is 12.1. The second-order valence-corrected chi connectivity index (χ2v) is 8.89. The van der Waals surface area contributed by atoms with E-state index < -0.39 is 11.7 Å². The number of ether oxygens (including phenoxy) is 1. The van der Waals surface area contributed by atoms with E-state index in [1.54, 1.807) is 46.7 Å². The van der Waals surface area contributed by atoms with Crippen molar-refractivity contribution in [3.8, 4) is 23.4 Å². The fourth-order valence-corrected chi connectivity index (χ4v) is 5.03. The fourth-order valence-electron chi connectivity index (χ4n) is 4.70. The Morgan fingerprint density at radius 1 is 1.24 bits per heavy atom. The average molecular weight is 485 g/mol. The SMILES string of the molecule is Cc1c(-n2c(O)c3n(c2=O)[C@@H]2CC3N(C(=O)COc3ccc(Cl)cc3)C2)ccc(C#N)c1Cl. The second kappa shape index (κ2) is 7.87. The van der Waals surface area contributed by atoms with E-state index in [2.05, 4.69) is 0 Å². The van der Waals surface area contributed by atoms with Crippen LogP contribution in [0.3, 0.4) is 0 Å². The Bertz CT molecular complexity index is 1390. The van der Waals surface area contributed by atoms with Crippen LogP contribution in [-0.2, 0) is 4.79 Å². The van der Waals surface area contributed by atoms with Crippen LogP contribution in [0.4, 0.5) is 0 Å². The molecular formula is C23H18Cl2N4O4. The third-order valence-corrected chi connectivity index (χ3v) is 7.01. The number of carbonyl (C=O) groups is 1. The van der Waals surface area contributed by atoms with Gasteiger partial charge in [-0.15, -0.1) is 0 Å². The predicted molar refractivity (Wildman–Crippen MR) is 121 cm³/mol. The first-order valence-electron chi connectivity index (χ1n) is 10.2. The normalized spacial score (nSPS) is 18.3. The number of halogens is 2. The summed E-state index contributed by atoms with van der Waals surface area (Å²) in [6, 6.07) is 11.1. The van der Waals surface area contributed by atoms with Gasteiger partial charge >= 0.3 is 5.69 Å². The molecule has 1 amide bonds. The Kier molecular flexibility index (Phi) is 5.11. The van der Waals surface area contributed by atoms with Crippen molar-refractivity contribution >= 4 is 29.1 Å². The first kappa shape index (κ1) is 21.4. The van der Waals surface area contributed by atoms with Gasteiger partial charge in [-0.1, -0.05) is 23.2 Å². The molecule has 1 unspecified atom stereocenters. The number of hydrogen-bond acceptors (Lipinski definition) is 5. The van der Waals surface area contributed by atoms with Crippen LogP contribution in [0.15, 0.2) is 41.2 Å². The third kappa shape index (κ3) is 3.27. The van der Waals surface area contributed by atoms with Crippen LogP contribution in [0.5, 0.6) is 11.6 Å². The number of likely N-dealkylation sites (tertiary alicyclic amines) is 1. The predicted octanol–water partition coefficient (Wildman–Crippen LogP) is 3.74. The van der Waals surface area contributed by atoms with E-state index in [0.717, 1.165) is 0 Å². The van der Waals surface area contributed by atoms with Crippen molar-refractivity contribution in [2.24, 2.45) is 0 Å². The molecule has 0 radical (unpaired) electrons. The summed E-state index contributed by atoms with van der Waals surface area (Å²) in [5, 5.41) is 21.0. The van der Waals surface area contributed by atoms with Gasteiger partial charge in [-0.25, -0.2) is 9.36 Å². The Morgan fingerprint density at radius 2 is 1.97 bits per heavy atom. The number of nitrogens with zero attached hydrogens (tertiary/aromatic N) is 4. The minimum absolute atomic E-state index is 0.166. The van der Waals surface area contributed by atoms with Gasteiger partial charge in [-0.05, 0) is 55.3 Å². The fraction of sp³-hybridized carbons (Fsp3) is 0.261. The average Bonchev–Trinajstić information content (AvgIpc) is 3.47. The number of nitriles is 1. The zero-order valence-corrected chi connectivity index (χ0v) is 19.0. The van der Waals surface area contributed by atoms with E-state index in [9.17, 15) is 20.0 Å². The topological polar surface area (TPSA) is 100 Å². The van der Waals surface area contributed by atoms with Gasteiger partial charge < -0.3 is 14.7 Å². The van der Waals surface area contributed by atoms with Crippen LogP contribution >= 0.6 is 23.2 Å². The maximum Gasteiger partial charge on any atom is 0.336 e. The van der Waals surface area contributed by atoms with E-state index in [-0.39, 0.29) is 35.0 Å². The lowest BCUT2D eigenvalue weighted by atomic mass is 10.1. The Balaban J connectivity index is 1.44. The molecule has 0 spiro atoms. The van der Waals surface area contributed by atoms with Crippen LogP contribution in [-0.4, -0.2) is 38.2 Å². The van der Waals surface area contributed by atoms with Gasteiger partial charge in [0.15, 0.2) is 6.61 Å². The number of aromatic hydroxyl groups is 1. The minimum atomic E-state index is -0.431. The zero-order valence-electron chi connectivity index (χ0n) is 17.5. The minimum Gasteiger partial charge on any atom is -0.493 e. The van der Waals surface area contributed by atoms with Crippen LogP contribution < -0.4 is 10.4 Å². The van der Waals surface area contributed by atoms with E-state index in [1.165, 1.54) is 10.6 Å². The smallest absolute Gasteiger partial charge is 0.336 e. The molecule has 2 atom stereocenters. The molecule has 10 heteroatoms. The van der Waals surface area contributed by atoms with Gasteiger partial charge in [0.05, 0.1) is 28.4 Å². The zero-order chi connectivity index (χ0) is 23.4. The van der Waals surface area contributed by atoms with Gasteiger partial charge in [-0.2, -0.15) is 5.26 Å². The Hall–Kier alpha value is -3.41. The summed E-state index contributed by atoms with van der Waals surface area (Å²) < 4.78 is 8.32. The molecule has 0 aliphatic carbocycles. The number of hydrogen-bond donors (Lipinski definition) is 1. The van der Waals surface area contributed by atoms with Gasteiger partial charge in [0.1, 0.15) is 17.5 Å². The van der Waals surface area contributed by atoms with Crippen LogP contribution in [0, 0.1) is 18.3 Å². The molecule has 0 saturated carbocycles. The highest BCUT2D eigenvalue weighted by Gasteiger charge is 2.49. The second-order valence-electron chi connectivity index (χ2n) is 8.07. The van der Waals surface area contributed by atoms with Crippen molar-refractivity contribution in [1.29, 1.82) is 5.26 Å². The molecule has 5 rings (SSSR count). The molecule has 168 valence electrons. The highest BCUT2D eigenvalue weighted by Crippen LogP contribution is 2.48. The first-order chi connectivity index (χ1) is 15.8. The molecule has 1 fully saturated rings. The number of amides is 1. The van der Waals surface area contributed by atoms with Gasteiger partial charge in [0, 0.05) is 11.6 Å². The molecule has 1 aromatic heterocycles. The standard InChI is InChI=1S/C23H18Cl2N4O4/c1-12-17(7-2-13(9-26)20(12)25)29-22(31)21-18-8-15(28(21)23(29)32)10-27(18)19(30)11-33-16-5-3-14(24)4-6-16/h2-7,15,18,31H,8,10-11H2,1H3/t15-,18?/m1/s1. The monoisotopic (exact) mass is 484 g/mol.